The third-order valence-electron chi connectivity index (χ3n) is 9.18. The van der Waals surface area contributed by atoms with Gasteiger partial charge in [0.05, 0.1) is 34.9 Å². The summed E-state index contributed by atoms with van der Waals surface area (Å²) in [5.74, 6) is -1.90. The summed E-state index contributed by atoms with van der Waals surface area (Å²) in [7, 11) is 0. The number of carbonyl (C=O) groups excluding carboxylic acids is 4. The van der Waals surface area contributed by atoms with Gasteiger partial charge in [-0.1, -0.05) is 60.7 Å². The van der Waals surface area contributed by atoms with Gasteiger partial charge in [-0.25, -0.2) is 24.0 Å². The third-order valence-corrected chi connectivity index (χ3v) is 9.18. The van der Waals surface area contributed by atoms with Crippen molar-refractivity contribution in [1.82, 2.24) is 20.8 Å². The van der Waals surface area contributed by atoms with Gasteiger partial charge in [0.2, 0.25) is 24.9 Å². The number of amides is 4. The molecule has 16 nitrogen and oxygen atoms in total. The van der Waals surface area contributed by atoms with Crippen LogP contribution >= 0.6 is 0 Å². The minimum Gasteiger partial charge on any atom is -0.412 e. The number of hydrogen-bond donors (Lipinski definition) is 7. The van der Waals surface area contributed by atoms with Crippen molar-refractivity contribution in [3.8, 4) is 22.5 Å². The molecule has 6 aromatic rings. The van der Waals surface area contributed by atoms with Crippen LogP contribution in [-0.2, 0) is 9.59 Å². The van der Waals surface area contributed by atoms with E-state index in [0.717, 1.165) is 49.9 Å². The van der Waals surface area contributed by atoms with Crippen LogP contribution in [0.2, 0.25) is 0 Å². The fraction of sp³-hybridized carbons (Fsp3) is 0.122. The first-order chi connectivity index (χ1) is 27.2. The van der Waals surface area contributed by atoms with Crippen LogP contribution in [-0.4, -0.2) is 70.6 Å². The summed E-state index contributed by atoms with van der Waals surface area (Å²) >= 11 is 0. The van der Waals surface area contributed by atoms with Crippen molar-refractivity contribution in [2.75, 3.05) is 23.7 Å². The molecule has 4 aromatic carbocycles. The molecule has 0 saturated carbocycles. The van der Waals surface area contributed by atoms with Crippen LogP contribution in [0.1, 0.15) is 38.8 Å². The first-order valence-electron chi connectivity index (χ1n) is 17.4. The molecule has 0 fully saturated rings. The Morgan fingerprint density at radius 2 is 1.14 bits per heavy atom. The number of aromatic nitrogens is 2. The van der Waals surface area contributed by atoms with E-state index >= 15 is 0 Å². The Balaban J connectivity index is 0.000000214. The zero-order valence-electron chi connectivity index (χ0n) is 30.9. The molecule has 2 aromatic heterocycles. The summed E-state index contributed by atoms with van der Waals surface area (Å²) in [6.07, 6.45) is 3.24. The Bertz CT molecular complexity index is 2510. The first kappa shape index (κ1) is 42.7. The number of nitrogens with zero attached hydrogens (tertiary/aromatic N) is 4. The molecule has 10 N–H and O–H groups in total. The molecule has 4 amide bonds. The van der Waals surface area contributed by atoms with Gasteiger partial charge in [0, 0.05) is 88.4 Å². The van der Waals surface area contributed by atoms with Crippen LogP contribution < -0.4 is 27.2 Å². The maximum Gasteiger partial charge on any atom is 0.272 e. The number of rotatable bonds is 8. The molecule has 58 heavy (non-hydrogen) atoms. The van der Waals surface area contributed by atoms with E-state index in [9.17, 15) is 19.2 Å². The molecule has 8 rings (SSSR count). The van der Waals surface area contributed by atoms with E-state index in [1.54, 1.807) is 43.6 Å². The summed E-state index contributed by atoms with van der Waals surface area (Å²) < 4.78 is 0. The molecule has 2 aliphatic heterocycles. The maximum atomic E-state index is 12.5. The number of nitrogens with two attached hydrogens (primary N) is 1. The molecule has 0 spiro atoms. The van der Waals surface area contributed by atoms with Crippen LogP contribution in [0.15, 0.2) is 95.1 Å². The van der Waals surface area contributed by atoms with Crippen molar-refractivity contribution in [3.05, 3.63) is 130 Å². The Morgan fingerprint density at radius 3 is 1.57 bits per heavy atom. The molecule has 0 saturated heterocycles. The fourth-order valence-corrected chi connectivity index (χ4v) is 6.47. The minimum absolute atomic E-state index is 0. The second kappa shape index (κ2) is 18.6. The topological polar surface area (TPSA) is 239 Å². The van der Waals surface area contributed by atoms with E-state index in [2.05, 4.69) is 51.3 Å². The molecular weight excluding hydrogens is 954 g/mol. The smallest absolute Gasteiger partial charge is 0.272 e. The second-order valence-electron chi connectivity index (χ2n) is 13.0. The summed E-state index contributed by atoms with van der Waals surface area (Å²) in [5, 5.41) is 15.0. The zero-order chi connectivity index (χ0) is 39.3. The number of H-pyrrole nitrogens is 2. The van der Waals surface area contributed by atoms with E-state index in [-0.39, 0.29) is 80.3 Å². The maximum absolute atomic E-state index is 12.5. The van der Waals surface area contributed by atoms with Crippen LogP contribution in [0, 0.1) is 63.1 Å². The monoisotopic (exact) mass is 988 g/mol. The molecule has 1 radical (unpaired) electrons. The van der Waals surface area contributed by atoms with E-state index < -0.39 is 17.9 Å². The first-order valence-corrected chi connectivity index (χ1v) is 17.4. The van der Waals surface area contributed by atoms with Gasteiger partial charge in [-0.3, -0.25) is 19.2 Å². The van der Waals surface area contributed by atoms with Gasteiger partial charge in [-0.05, 0) is 42.3 Å². The summed E-state index contributed by atoms with van der Waals surface area (Å²) in [5.41, 5.74) is 19.0. The van der Waals surface area contributed by atoms with Gasteiger partial charge in [0.25, 0.3) is 11.8 Å². The molecule has 0 aliphatic carbocycles. The number of anilines is 2. The molecule has 4 heterocycles. The molecule has 17 heteroatoms. The number of nitrogens with one attached hydrogen (secondary N) is 6. The molecule has 0 unspecified atom stereocenters. The van der Waals surface area contributed by atoms with Crippen molar-refractivity contribution in [1.29, 1.82) is 0 Å². The van der Waals surface area contributed by atoms with Gasteiger partial charge in [0.1, 0.15) is 5.92 Å². The number of hydrogen-bond acceptors (Lipinski definition) is 7. The summed E-state index contributed by atoms with van der Waals surface area (Å²) in [6.45, 7) is 15.5. The fourth-order valence-electron chi connectivity index (χ4n) is 6.47. The van der Waals surface area contributed by atoms with Gasteiger partial charge in [-0.15, -0.1) is 0 Å². The van der Waals surface area contributed by atoms with Crippen LogP contribution in [0.4, 0.5) is 11.4 Å². The standard InChI is InChI=1S/C21H17N5O2.C20H16N6O2.Ac.H2O/c1-12(10-22-2)20(27)24-14-8-15-18-16(11-23-26-21(15)28)19(25-17(18)9-14)13-6-4-3-5-7-13;1-22-10-15(21)20(28)24-12-7-13-17-14(9-23-26-19(13)27)18(25-16(17)8-12)11-5-3-2-4-6-11;;/h3-9,11-12,25H,10H2,1H3,(H,24,27)(H,26,28);2-9,15,25H,10,21H2,(H,24,28)(H,26,27);;1H2/t12-;15-;;/m00../s1. The normalized spacial score (nSPS) is 13.0. The van der Waals surface area contributed by atoms with Gasteiger partial charge >= 0.3 is 0 Å². The van der Waals surface area contributed by atoms with Crippen molar-refractivity contribution < 1.29 is 68.7 Å². The van der Waals surface area contributed by atoms with E-state index in [1.165, 1.54) is 0 Å². The van der Waals surface area contributed by atoms with Crippen LogP contribution in [0.5, 0.6) is 0 Å². The number of aromatic amines is 2. The third kappa shape index (κ3) is 8.74. The van der Waals surface area contributed by atoms with Gasteiger partial charge < -0.3 is 41.5 Å². The van der Waals surface area contributed by atoms with Gasteiger partial charge in [-0.2, -0.15) is 10.2 Å². The molecular formula is C41H35AcN11O5. The number of benzene rings is 4. The molecule has 2 aliphatic rings. The molecule has 2 atom stereocenters. The van der Waals surface area contributed by atoms with E-state index in [1.807, 2.05) is 60.7 Å². The Labute approximate surface area is 367 Å². The number of carbonyl (C=O) groups is 4. The summed E-state index contributed by atoms with van der Waals surface area (Å²) in [4.78, 5) is 62.6. The van der Waals surface area contributed by atoms with Crippen molar-refractivity contribution >= 4 is 69.2 Å². The Kier molecular flexibility index (Phi) is 13.7. The predicted molar refractivity (Wildman–Crippen MR) is 219 cm³/mol. The predicted octanol–water partition coefficient (Wildman–Crippen LogP) is 4.68. The summed E-state index contributed by atoms with van der Waals surface area (Å²) in [6, 6.07) is 25.3. The Hall–Kier alpha value is -6.48. The molecule has 0 bridgehead atoms. The van der Waals surface area contributed by atoms with Gasteiger partial charge in [0.15, 0.2) is 6.04 Å². The zero-order valence-corrected chi connectivity index (χ0v) is 35.6. The Morgan fingerprint density at radius 1 is 0.707 bits per heavy atom. The average Bonchev–Trinajstić information content (AvgIpc) is 3.64. The van der Waals surface area contributed by atoms with E-state index in [0.29, 0.717) is 28.0 Å². The minimum atomic E-state index is -0.941. The number of hydrazone groups is 2. The average molecular weight is 989 g/mol. The second-order valence-corrected chi connectivity index (χ2v) is 13.0. The largest absolute Gasteiger partial charge is 0.412 e. The van der Waals surface area contributed by atoms with Crippen molar-refractivity contribution in [3.63, 3.8) is 0 Å². The van der Waals surface area contributed by atoms with E-state index in [4.69, 9.17) is 18.9 Å². The SMILES string of the molecule is O.[Ac].[C-]#[N+]C[C@H](C)C(=O)Nc1cc2c3c(c(-c4ccccc4)[nH]c3c1)C=NNC2=O.[C-]#[N+]C[C@H](N)C(=O)Nc1cc2c3c(c(-c4ccccc4)[nH]c3c1)C=NNC2=O. The van der Waals surface area contributed by atoms with Crippen LogP contribution in [0.25, 0.3) is 54.0 Å². The molecule has 287 valence electrons. The van der Waals surface area contributed by atoms with Crippen LogP contribution in [0.3, 0.4) is 0 Å². The van der Waals surface area contributed by atoms with Crippen molar-refractivity contribution in [2.45, 2.75) is 13.0 Å². The quantitative estimate of drug-likeness (QED) is 0.107. The van der Waals surface area contributed by atoms with Crippen molar-refractivity contribution in [2.24, 2.45) is 21.9 Å².